The number of para-hydroxylation sites is 1. The van der Waals surface area contributed by atoms with Crippen molar-refractivity contribution in [2.24, 2.45) is 5.92 Å². The number of thiophene rings is 1. The molecule has 2 heterocycles. The summed E-state index contributed by atoms with van der Waals surface area (Å²) < 4.78 is 14.1. The van der Waals surface area contributed by atoms with Crippen molar-refractivity contribution in [1.29, 1.82) is 0 Å². The maximum atomic E-state index is 13.1. The zero-order chi connectivity index (χ0) is 19.7. The summed E-state index contributed by atoms with van der Waals surface area (Å²) in [6.45, 7) is 0. The molecule has 1 fully saturated rings. The quantitative estimate of drug-likeness (QED) is 0.468. The maximum absolute atomic E-state index is 13.1. The molecule has 0 unspecified atom stereocenters. The second-order valence-corrected chi connectivity index (χ2v) is 9.38. The van der Waals surface area contributed by atoms with Crippen LogP contribution in [0.2, 0.25) is 0 Å². The summed E-state index contributed by atoms with van der Waals surface area (Å²) >= 11 is 5.13. The Morgan fingerprint density at radius 1 is 1.07 bits per heavy atom. The molecule has 2 aromatic carbocycles. The number of aliphatic hydroxyl groups excluding tert-OH is 1. The Labute approximate surface area is 175 Å². The number of nitrogens with zero attached hydrogens (tertiary/aromatic N) is 1. The minimum atomic E-state index is -0.713. The number of aliphatic hydroxyl groups is 1. The highest BCUT2D eigenvalue weighted by atomic mass is 79.9. The van der Waals surface area contributed by atoms with Gasteiger partial charge in [0.05, 0.1) is 21.9 Å². The molecule has 1 aromatic heterocycles. The molecule has 1 amide bonds. The van der Waals surface area contributed by atoms with Gasteiger partial charge in [0, 0.05) is 10.6 Å². The number of β-lactam (4-membered cyclic amide) rings is 1. The summed E-state index contributed by atoms with van der Waals surface area (Å²) in [5.74, 6) is -0.431. The van der Waals surface area contributed by atoms with Gasteiger partial charge in [-0.1, -0.05) is 30.3 Å². The van der Waals surface area contributed by atoms with E-state index in [4.69, 9.17) is 0 Å². The predicted molar refractivity (Wildman–Crippen MR) is 113 cm³/mol. The Morgan fingerprint density at radius 2 is 1.79 bits per heavy atom. The topological polar surface area (TPSA) is 40.5 Å². The predicted octanol–water partition coefficient (Wildman–Crippen LogP) is 5.87. The highest BCUT2D eigenvalue weighted by Gasteiger charge is 2.49. The molecule has 3 nitrogen and oxygen atoms in total. The number of hydrogen-bond donors (Lipinski definition) is 1. The minimum absolute atomic E-state index is 0.0355. The number of carbonyl (C=O) groups excluding carboxylic acids is 1. The molecule has 0 radical (unpaired) electrons. The molecule has 1 aliphatic rings. The SMILES string of the molecule is O=C1[C@H](CC[C@H](O)c2ccc(F)cc2)[C@@H](c2ccc(Br)s2)N1c1ccccc1. The monoisotopic (exact) mass is 459 g/mol. The van der Waals surface area contributed by atoms with Crippen molar-refractivity contribution in [3.63, 3.8) is 0 Å². The van der Waals surface area contributed by atoms with Crippen molar-refractivity contribution < 1.29 is 14.3 Å². The molecule has 3 aromatic rings. The van der Waals surface area contributed by atoms with Gasteiger partial charge in [0.15, 0.2) is 0 Å². The van der Waals surface area contributed by atoms with Crippen LogP contribution in [-0.4, -0.2) is 11.0 Å². The Hall–Kier alpha value is -2.02. The molecule has 3 atom stereocenters. The van der Waals surface area contributed by atoms with Crippen LogP contribution < -0.4 is 4.90 Å². The lowest BCUT2D eigenvalue weighted by Crippen LogP contribution is -2.55. The zero-order valence-electron chi connectivity index (χ0n) is 15.0. The molecule has 144 valence electrons. The standard InChI is InChI=1S/C22H19BrFNO2S/c23-20-13-12-19(28-20)21-17(22(27)25(21)16-4-2-1-3-5-16)10-11-18(26)14-6-8-15(24)9-7-14/h1-9,12-13,17-18,21,26H,10-11H2/t17-,18+,21+/m1/s1. The number of hydrogen-bond acceptors (Lipinski definition) is 3. The summed E-state index contributed by atoms with van der Waals surface area (Å²) in [7, 11) is 0. The highest BCUT2D eigenvalue weighted by molar-refractivity contribution is 9.11. The van der Waals surface area contributed by atoms with Crippen LogP contribution in [-0.2, 0) is 4.79 Å². The van der Waals surface area contributed by atoms with Gasteiger partial charge >= 0.3 is 0 Å². The van der Waals surface area contributed by atoms with E-state index in [1.807, 2.05) is 47.4 Å². The second-order valence-electron chi connectivity index (χ2n) is 6.88. The second kappa shape index (κ2) is 8.15. The minimum Gasteiger partial charge on any atom is -0.388 e. The average Bonchev–Trinajstić information content (AvgIpc) is 3.12. The van der Waals surface area contributed by atoms with E-state index in [2.05, 4.69) is 15.9 Å². The van der Waals surface area contributed by atoms with Crippen molar-refractivity contribution in [2.45, 2.75) is 25.0 Å². The molecule has 6 heteroatoms. The van der Waals surface area contributed by atoms with Crippen LogP contribution >= 0.6 is 27.3 Å². The van der Waals surface area contributed by atoms with Gasteiger partial charge in [-0.05, 0) is 70.7 Å². The largest absolute Gasteiger partial charge is 0.388 e. The van der Waals surface area contributed by atoms with Crippen LogP contribution in [0.15, 0.2) is 70.5 Å². The fourth-order valence-electron chi connectivity index (χ4n) is 3.71. The summed E-state index contributed by atoms with van der Waals surface area (Å²) in [5, 5.41) is 10.5. The van der Waals surface area contributed by atoms with E-state index >= 15 is 0 Å². The van der Waals surface area contributed by atoms with Crippen LogP contribution in [0.1, 0.15) is 35.4 Å². The third-order valence-electron chi connectivity index (χ3n) is 5.14. The summed E-state index contributed by atoms with van der Waals surface area (Å²) in [5.41, 5.74) is 1.56. The number of rotatable bonds is 6. The van der Waals surface area contributed by atoms with Crippen molar-refractivity contribution in [3.05, 3.63) is 86.8 Å². The molecule has 0 saturated carbocycles. The van der Waals surface area contributed by atoms with Gasteiger partial charge in [0.25, 0.3) is 0 Å². The zero-order valence-corrected chi connectivity index (χ0v) is 17.4. The molecule has 1 saturated heterocycles. The lowest BCUT2D eigenvalue weighted by molar-refractivity contribution is -0.130. The third kappa shape index (κ3) is 3.77. The van der Waals surface area contributed by atoms with E-state index in [1.54, 1.807) is 23.5 Å². The van der Waals surface area contributed by atoms with Gasteiger partial charge in [0.2, 0.25) is 5.91 Å². The van der Waals surface area contributed by atoms with E-state index in [9.17, 15) is 14.3 Å². The van der Waals surface area contributed by atoms with Crippen molar-refractivity contribution in [2.75, 3.05) is 4.90 Å². The van der Waals surface area contributed by atoms with Crippen LogP contribution in [0, 0.1) is 11.7 Å². The van der Waals surface area contributed by atoms with Gasteiger partial charge in [-0.3, -0.25) is 4.79 Å². The molecule has 4 rings (SSSR count). The van der Waals surface area contributed by atoms with Crippen molar-refractivity contribution >= 4 is 38.9 Å². The molecule has 1 N–H and O–H groups in total. The number of halogens is 2. The molecule has 0 bridgehead atoms. The van der Waals surface area contributed by atoms with Crippen LogP contribution in [0.25, 0.3) is 0 Å². The van der Waals surface area contributed by atoms with E-state index in [1.165, 1.54) is 12.1 Å². The molecule has 1 aliphatic heterocycles. The maximum Gasteiger partial charge on any atom is 0.233 e. The summed E-state index contributed by atoms with van der Waals surface area (Å²) in [4.78, 5) is 15.9. The average molecular weight is 460 g/mol. The van der Waals surface area contributed by atoms with E-state index < -0.39 is 6.10 Å². The molecular weight excluding hydrogens is 441 g/mol. The first-order valence-electron chi connectivity index (χ1n) is 9.11. The van der Waals surface area contributed by atoms with Gasteiger partial charge < -0.3 is 10.0 Å². The van der Waals surface area contributed by atoms with Gasteiger partial charge in [0.1, 0.15) is 5.82 Å². The molecular formula is C22H19BrFNO2S. The Balaban J connectivity index is 1.52. The molecule has 0 spiro atoms. The highest BCUT2D eigenvalue weighted by Crippen LogP contribution is 2.48. The van der Waals surface area contributed by atoms with Gasteiger partial charge in [-0.15, -0.1) is 11.3 Å². The lowest BCUT2D eigenvalue weighted by Gasteiger charge is -2.47. The fraction of sp³-hybridized carbons (Fsp3) is 0.227. The fourth-order valence-corrected chi connectivity index (χ4v) is 5.29. The Morgan fingerprint density at radius 3 is 2.43 bits per heavy atom. The summed E-state index contributed by atoms with van der Waals surface area (Å²) in [6.07, 6.45) is 0.309. The molecule has 28 heavy (non-hydrogen) atoms. The smallest absolute Gasteiger partial charge is 0.233 e. The van der Waals surface area contributed by atoms with E-state index in [-0.39, 0.29) is 23.7 Å². The third-order valence-corrected chi connectivity index (χ3v) is 6.83. The van der Waals surface area contributed by atoms with Crippen molar-refractivity contribution in [1.82, 2.24) is 0 Å². The first-order valence-corrected chi connectivity index (χ1v) is 10.7. The Bertz CT molecular complexity index is 960. The van der Waals surface area contributed by atoms with E-state index in [0.29, 0.717) is 18.4 Å². The van der Waals surface area contributed by atoms with E-state index in [0.717, 1.165) is 14.4 Å². The van der Waals surface area contributed by atoms with Crippen molar-refractivity contribution in [3.8, 4) is 0 Å². The summed E-state index contributed by atoms with van der Waals surface area (Å²) in [6, 6.07) is 19.5. The Kier molecular flexibility index (Phi) is 5.62. The normalized spacial score (nSPS) is 20.1. The lowest BCUT2D eigenvalue weighted by atomic mass is 9.81. The van der Waals surface area contributed by atoms with Gasteiger partial charge in [-0.25, -0.2) is 4.39 Å². The first-order chi connectivity index (χ1) is 13.5. The number of anilines is 1. The number of carbonyl (C=O) groups is 1. The van der Waals surface area contributed by atoms with Gasteiger partial charge in [-0.2, -0.15) is 0 Å². The van der Waals surface area contributed by atoms with Crippen LogP contribution in [0.4, 0.5) is 10.1 Å². The number of amides is 1. The molecule has 0 aliphatic carbocycles. The number of benzene rings is 2. The van der Waals surface area contributed by atoms with Crippen LogP contribution in [0.5, 0.6) is 0 Å². The van der Waals surface area contributed by atoms with Crippen LogP contribution in [0.3, 0.4) is 0 Å². The first kappa shape index (κ1) is 19.3.